The normalized spacial score (nSPS) is 10.7. The van der Waals surface area contributed by atoms with Crippen LogP contribution >= 0.6 is 0 Å². The van der Waals surface area contributed by atoms with Crippen molar-refractivity contribution in [2.75, 3.05) is 5.32 Å². The first-order valence-electron chi connectivity index (χ1n) is 7.25. The average Bonchev–Trinajstić information content (AvgIpc) is 2.58. The van der Waals surface area contributed by atoms with Crippen molar-refractivity contribution in [2.24, 2.45) is 4.99 Å². The van der Waals surface area contributed by atoms with E-state index < -0.39 is 0 Å². The fraction of sp³-hybridized carbons (Fsp3) is 0.0526. The highest BCUT2D eigenvalue weighted by Gasteiger charge is 2.04. The molecule has 2 N–H and O–H groups in total. The first kappa shape index (κ1) is 16.7. The molecule has 0 saturated carbocycles. The van der Waals surface area contributed by atoms with E-state index in [1.165, 1.54) is 5.56 Å². The van der Waals surface area contributed by atoms with Crippen LogP contribution in [0.5, 0.6) is 0 Å². The largest absolute Gasteiger partial charge is 1.00 e. The van der Waals surface area contributed by atoms with Crippen LogP contribution in [-0.4, -0.2) is 5.84 Å². The van der Waals surface area contributed by atoms with Crippen LogP contribution in [0.3, 0.4) is 0 Å². The number of hydrogen-bond acceptors (Lipinski definition) is 1. The van der Waals surface area contributed by atoms with Crippen LogP contribution < -0.4 is 22.7 Å². The number of pyridine rings is 1. The maximum atomic E-state index is 4.73. The van der Waals surface area contributed by atoms with E-state index in [-0.39, 0.29) is 12.4 Å². The molecule has 0 aliphatic rings. The van der Waals surface area contributed by atoms with Gasteiger partial charge in [0, 0.05) is 23.4 Å². The molecule has 1 aromatic heterocycles. The molecule has 4 heteroatoms. The molecule has 0 spiro atoms. The Labute approximate surface area is 142 Å². The van der Waals surface area contributed by atoms with E-state index in [0.29, 0.717) is 0 Å². The highest BCUT2D eigenvalue weighted by molar-refractivity contribution is 6.09. The lowest BCUT2D eigenvalue weighted by Crippen LogP contribution is -3.00. The van der Waals surface area contributed by atoms with Crippen molar-refractivity contribution in [2.45, 2.75) is 6.92 Å². The Hall–Kier alpha value is -2.65. The standard InChI is InChI=1S/C19H17N3.ClH/c1-15-7-9-17(10-8-15)21-19(16-5-3-2-4-6-16)22-18-11-13-20-14-12-18;/h2-14H,1H3,(H,20,21,22);1H. The van der Waals surface area contributed by atoms with E-state index >= 15 is 0 Å². The molecule has 1 heterocycles. The number of aryl methyl sites for hydroxylation is 1. The van der Waals surface area contributed by atoms with Gasteiger partial charge in [-0.3, -0.25) is 0 Å². The second-order valence-corrected chi connectivity index (χ2v) is 5.08. The Balaban J connectivity index is 0.00000192. The number of hydrogen-bond donors (Lipinski definition) is 1. The smallest absolute Gasteiger partial charge is 0.169 e. The number of anilines is 1. The number of aliphatic imine (C=N–C) groups is 1. The van der Waals surface area contributed by atoms with Crippen molar-refractivity contribution < 1.29 is 17.4 Å². The molecule has 0 bridgehead atoms. The van der Waals surface area contributed by atoms with E-state index in [1.807, 2.05) is 42.7 Å². The number of nitrogens with zero attached hydrogens (tertiary/aromatic N) is 1. The number of nitrogens with one attached hydrogen (secondary N) is 2. The molecular formula is C19H18ClN3. The number of amidine groups is 1. The number of rotatable bonds is 3. The summed E-state index contributed by atoms with van der Waals surface area (Å²) >= 11 is 0. The molecule has 2 aromatic carbocycles. The number of aromatic amines is 1. The molecule has 0 aliphatic carbocycles. The highest BCUT2D eigenvalue weighted by atomic mass is 35.5. The fourth-order valence-corrected chi connectivity index (χ4v) is 2.12. The molecule has 23 heavy (non-hydrogen) atoms. The van der Waals surface area contributed by atoms with Crippen LogP contribution in [0.25, 0.3) is 0 Å². The van der Waals surface area contributed by atoms with E-state index in [0.717, 1.165) is 22.8 Å². The van der Waals surface area contributed by atoms with E-state index in [1.54, 1.807) is 0 Å². The third-order valence-corrected chi connectivity index (χ3v) is 3.30. The monoisotopic (exact) mass is 323 g/mol. The number of benzene rings is 2. The van der Waals surface area contributed by atoms with Crippen molar-refractivity contribution in [3.05, 3.63) is 90.3 Å². The second kappa shape index (κ2) is 8.11. The lowest BCUT2D eigenvalue weighted by Gasteiger charge is -2.10. The summed E-state index contributed by atoms with van der Waals surface area (Å²) in [4.78, 5) is 7.74. The number of aromatic nitrogens is 1. The van der Waals surface area contributed by atoms with Gasteiger partial charge in [0.1, 0.15) is 5.84 Å². The third-order valence-electron chi connectivity index (χ3n) is 3.30. The van der Waals surface area contributed by atoms with Crippen LogP contribution in [0.1, 0.15) is 11.1 Å². The molecule has 0 fully saturated rings. The van der Waals surface area contributed by atoms with Gasteiger partial charge in [0.05, 0.1) is 5.69 Å². The first-order valence-corrected chi connectivity index (χ1v) is 7.25. The summed E-state index contributed by atoms with van der Waals surface area (Å²) in [5.41, 5.74) is 4.21. The summed E-state index contributed by atoms with van der Waals surface area (Å²) < 4.78 is 0. The van der Waals surface area contributed by atoms with E-state index in [2.05, 4.69) is 53.6 Å². The van der Waals surface area contributed by atoms with Crippen LogP contribution in [-0.2, 0) is 0 Å². The van der Waals surface area contributed by atoms with Gasteiger partial charge in [-0.15, -0.1) is 0 Å². The summed E-state index contributed by atoms with van der Waals surface area (Å²) in [6.07, 6.45) is 3.74. The minimum absolute atomic E-state index is 0. The molecule has 3 nitrogen and oxygen atoms in total. The van der Waals surface area contributed by atoms with Crippen molar-refractivity contribution >= 4 is 17.2 Å². The molecule has 116 valence electrons. The zero-order valence-electron chi connectivity index (χ0n) is 12.8. The SMILES string of the molecule is Cc1ccc(NC(=Nc2cc[nH+]cc2)c2ccccc2)cc1.[Cl-]. The minimum Gasteiger partial charge on any atom is -1.00 e. The zero-order valence-corrected chi connectivity index (χ0v) is 13.6. The lowest BCUT2D eigenvalue weighted by molar-refractivity contribution is -0.377. The van der Waals surface area contributed by atoms with Gasteiger partial charge in [-0.05, 0) is 19.1 Å². The molecule has 0 amide bonds. The molecule has 0 atom stereocenters. The number of halogens is 1. The maximum absolute atomic E-state index is 4.73. The van der Waals surface area contributed by atoms with Crippen molar-refractivity contribution in [1.82, 2.24) is 0 Å². The summed E-state index contributed by atoms with van der Waals surface area (Å²) in [6, 6.07) is 22.3. The Morgan fingerprint density at radius 2 is 1.52 bits per heavy atom. The summed E-state index contributed by atoms with van der Waals surface area (Å²) in [5, 5.41) is 3.41. The Bertz CT molecular complexity index is 754. The molecule has 3 rings (SSSR count). The second-order valence-electron chi connectivity index (χ2n) is 5.08. The van der Waals surface area contributed by atoms with Crippen LogP contribution in [0.2, 0.25) is 0 Å². The van der Waals surface area contributed by atoms with Gasteiger partial charge in [0.2, 0.25) is 0 Å². The molecule has 0 unspecified atom stereocenters. The fourth-order valence-electron chi connectivity index (χ4n) is 2.12. The molecule has 0 saturated heterocycles. The average molecular weight is 324 g/mol. The van der Waals surface area contributed by atoms with Gasteiger partial charge in [-0.25, -0.2) is 9.98 Å². The lowest BCUT2D eigenvalue weighted by atomic mass is 10.2. The maximum Gasteiger partial charge on any atom is 0.169 e. The topological polar surface area (TPSA) is 38.5 Å². The minimum atomic E-state index is 0. The van der Waals surface area contributed by atoms with Gasteiger partial charge in [-0.1, -0.05) is 48.0 Å². The van der Waals surface area contributed by atoms with Gasteiger partial charge in [0.15, 0.2) is 12.4 Å². The first-order chi connectivity index (χ1) is 10.8. The van der Waals surface area contributed by atoms with Crippen LogP contribution in [0, 0.1) is 6.92 Å². The Morgan fingerprint density at radius 3 is 2.17 bits per heavy atom. The molecule has 0 aliphatic heterocycles. The van der Waals surface area contributed by atoms with Crippen LogP contribution in [0.15, 0.2) is 84.1 Å². The predicted octanol–water partition coefficient (Wildman–Crippen LogP) is 1.00. The van der Waals surface area contributed by atoms with Gasteiger partial charge >= 0.3 is 0 Å². The summed E-state index contributed by atoms with van der Waals surface area (Å²) in [7, 11) is 0. The van der Waals surface area contributed by atoms with Crippen molar-refractivity contribution in [3.63, 3.8) is 0 Å². The van der Waals surface area contributed by atoms with Gasteiger partial charge < -0.3 is 17.7 Å². The summed E-state index contributed by atoms with van der Waals surface area (Å²) in [5.74, 6) is 0.829. The molecular weight excluding hydrogens is 306 g/mol. The van der Waals surface area contributed by atoms with Gasteiger partial charge in [-0.2, -0.15) is 0 Å². The summed E-state index contributed by atoms with van der Waals surface area (Å²) in [6.45, 7) is 2.08. The van der Waals surface area contributed by atoms with Crippen molar-refractivity contribution in [1.29, 1.82) is 0 Å². The quantitative estimate of drug-likeness (QED) is 0.567. The van der Waals surface area contributed by atoms with Gasteiger partial charge in [0.25, 0.3) is 0 Å². The molecule has 0 radical (unpaired) electrons. The number of H-pyrrole nitrogens is 1. The molecule has 3 aromatic rings. The van der Waals surface area contributed by atoms with E-state index in [9.17, 15) is 0 Å². The Morgan fingerprint density at radius 1 is 0.870 bits per heavy atom. The Kier molecular flexibility index (Phi) is 5.89. The van der Waals surface area contributed by atoms with Crippen molar-refractivity contribution in [3.8, 4) is 0 Å². The zero-order chi connectivity index (χ0) is 15.2. The van der Waals surface area contributed by atoms with Crippen LogP contribution in [0.4, 0.5) is 11.4 Å². The predicted molar refractivity (Wildman–Crippen MR) is 90.4 cm³/mol. The highest BCUT2D eigenvalue weighted by Crippen LogP contribution is 2.15. The third kappa shape index (κ3) is 4.66. The van der Waals surface area contributed by atoms with E-state index in [4.69, 9.17) is 4.99 Å².